The molecule has 2 nitrogen and oxygen atoms in total. The Bertz CT molecular complexity index is 2150. The minimum absolute atomic E-state index is 0. The van der Waals surface area contributed by atoms with Crippen LogP contribution >= 0.6 is 24.8 Å². The van der Waals surface area contributed by atoms with E-state index in [1.54, 1.807) is 0 Å². The van der Waals surface area contributed by atoms with E-state index in [0.29, 0.717) is 7.25 Å². The maximum absolute atomic E-state index is 4.79. The van der Waals surface area contributed by atoms with Gasteiger partial charge in [-0.15, -0.1) is 24.8 Å². The molecule has 0 spiro atoms. The van der Waals surface area contributed by atoms with Crippen LogP contribution in [0.5, 0.6) is 0 Å². The van der Waals surface area contributed by atoms with Gasteiger partial charge in [-0.05, 0) is 0 Å². The second-order valence-corrected chi connectivity index (χ2v) is 44.5. The van der Waals surface area contributed by atoms with Crippen molar-refractivity contribution in [2.24, 2.45) is 0 Å². The van der Waals surface area contributed by atoms with Crippen molar-refractivity contribution in [1.82, 2.24) is 9.97 Å². The first-order chi connectivity index (χ1) is 21.2. The van der Waals surface area contributed by atoms with Crippen LogP contribution in [0.3, 0.4) is 0 Å². The molecule has 2 unspecified atom stereocenters. The average Bonchev–Trinajstić information content (AvgIpc) is 3.55. The molecular weight excluding hydrogens is 699 g/mol. The van der Waals surface area contributed by atoms with Gasteiger partial charge in [0.1, 0.15) is 0 Å². The molecule has 2 heterocycles. The average molecular weight is 737 g/mol. The molecule has 2 aliphatic rings. The molecule has 0 saturated heterocycles. The van der Waals surface area contributed by atoms with Gasteiger partial charge in [-0.1, -0.05) is 0 Å². The van der Waals surface area contributed by atoms with Crippen LogP contribution in [-0.4, -0.2) is 16.8 Å². The van der Waals surface area contributed by atoms with Crippen molar-refractivity contribution in [2.45, 2.75) is 30.4 Å². The van der Waals surface area contributed by atoms with Crippen LogP contribution < -0.4 is 0 Å². The number of fused-ring (bicyclic) bond motifs is 4. The first-order valence-corrected chi connectivity index (χ1v) is 29.3. The predicted octanol–water partition coefficient (Wildman–Crippen LogP) is 10.9. The molecule has 46 heavy (non-hydrogen) atoms. The van der Waals surface area contributed by atoms with E-state index in [4.69, 9.17) is 9.97 Å². The van der Waals surface area contributed by atoms with E-state index in [1.807, 2.05) is 24.5 Å². The first kappa shape index (κ1) is 32.8. The molecule has 0 radical (unpaired) electrons. The number of hydrogen-bond acceptors (Lipinski definition) is 2. The Hall–Kier alpha value is -3.14. The molecule has 0 bridgehead atoms. The van der Waals surface area contributed by atoms with Crippen LogP contribution in [0.4, 0.5) is 0 Å². The summed E-state index contributed by atoms with van der Waals surface area (Å²) in [4.78, 5) is 9.57. The monoisotopic (exact) mass is 734 g/mol. The molecule has 2 aromatic heterocycles. The van der Waals surface area contributed by atoms with Gasteiger partial charge in [0.25, 0.3) is 0 Å². The molecule has 0 N–H and O–H groups in total. The number of halogens is 2. The summed E-state index contributed by atoms with van der Waals surface area (Å²) >= 11 is -3.66. The van der Waals surface area contributed by atoms with Crippen molar-refractivity contribution in [1.29, 1.82) is 0 Å². The van der Waals surface area contributed by atoms with Gasteiger partial charge in [-0.2, -0.15) is 0 Å². The van der Waals surface area contributed by atoms with Gasteiger partial charge in [0.05, 0.1) is 0 Å². The second kappa shape index (κ2) is 11.8. The normalized spacial score (nSPS) is 17.1. The molecule has 4 aromatic carbocycles. The van der Waals surface area contributed by atoms with Gasteiger partial charge in [0, 0.05) is 0 Å². The largest absolute Gasteiger partial charge is 0.147 e. The summed E-state index contributed by atoms with van der Waals surface area (Å²) in [6, 6.07) is 35.7. The molecular formula is C40H38Cl2N2SiZr. The Balaban J connectivity index is 0.00000186. The fourth-order valence-corrected chi connectivity index (χ4v) is 30.0. The quantitative estimate of drug-likeness (QED) is 0.168. The second-order valence-electron chi connectivity index (χ2n) is 14.0. The Morgan fingerprint density at radius 1 is 0.565 bits per heavy atom. The fourth-order valence-electron chi connectivity index (χ4n) is 8.75. The van der Waals surface area contributed by atoms with Crippen LogP contribution in [0.2, 0.25) is 9.26 Å². The van der Waals surface area contributed by atoms with Crippen molar-refractivity contribution in [2.75, 3.05) is 0 Å². The molecule has 6 heteroatoms. The molecule has 0 fully saturated rings. The zero-order valence-electron chi connectivity index (χ0n) is 26.6. The van der Waals surface area contributed by atoms with Crippen molar-refractivity contribution in [3.05, 3.63) is 143 Å². The van der Waals surface area contributed by atoms with Crippen molar-refractivity contribution in [3.8, 4) is 22.3 Å². The Labute approximate surface area is 286 Å². The smallest absolute Gasteiger partial charge is 0.147 e. The van der Waals surface area contributed by atoms with Gasteiger partial charge < -0.3 is 0 Å². The maximum atomic E-state index is 4.79. The van der Waals surface area contributed by atoms with Crippen molar-refractivity contribution in [3.63, 3.8) is 0 Å². The third-order valence-electron chi connectivity index (χ3n) is 10.3. The number of hydrogen-bond donors (Lipinski definition) is 0. The van der Waals surface area contributed by atoms with Gasteiger partial charge in [-0.3, -0.25) is 0 Å². The zero-order chi connectivity index (χ0) is 30.2. The molecule has 0 amide bonds. The summed E-state index contributed by atoms with van der Waals surface area (Å²) in [6.07, 6.45) is 8.74. The van der Waals surface area contributed by atoms with Crippen molar-refractivity contribution >= 4 is 65.7 Å². The van der Waals surface area contributed by atoms with E-state index >= 15 is 0 Å². The number of allylic oxidation sites excluding steroid dienone is 2. The third-order valence-corrected chi connectivity index (χ3v) is 28.2. The summed E-state index contributed by atoms with van der Waals surface area (Å²) in [5.41, 5.74) is 15.9. The summed E-state index contributed by atoms with van der Waals surface area (Å²) in [6.45, 7) is 7.17. The van der Waals surface area contributed by atoms with Crippen LogP contribution in [0.15, 0.2) is 121 Å². The SMILES string of the molecule is CC1=Cc2ccc(-c3cccc4cccnc34)cc2[CH]1[Zr]([CH3])([CH3])(=[SiH2])[CH]1C(C)=Cc2ccc(-c3cccc4cccnc34)cc21.Cl.Cl. The number of rotatable bonds is 4. The van der Waals surface area contributed by atoms with E-state index in [1.165, 1.54) is 66.4 Å². The number of benzene rings is 4. The van der Waals surface area contributed by atoms with E-state index < -0.39 is 17.4 Å². The first-order valence-electron chi connectivity index (χ1n) is 15.6. The summed E-state index contributed by atoms with van der Waals surface area (Å²) in [5, 5.41) is 2.37. The molecule has 2 atom stereocenters. The number of nitrogens with zero attached hydrogens (tertiary/aromatic N) is 2. The maximum Gasteiger partial charge on any atom is -0.147 e. The van der Waals surface area contributed by atoms with Crippen LogP contribution in [0.1, 0.15) is 43.4 Å². The van der Waals surface area contributed by atoms with E-state index in [0.717, 1.165) is 11.0 Å². The van der Waals surface area contributed by atoms with E-state index in [9.17, 15) is 0 Å². The number of aromatic nitrogens is 2. The van der Waals surface area contributed by atoms with Gasteiger partial charge in [0.2, 0.25) is 0 Å². The third kappa shape index (κ3) is 5.10. The zero-order valence-corrected chi connectivity index (χ0v) is 32.1. The molecule has 6 aromatic rings. The summed E-state index contributed by atoms with van der Waals surface area (Å²) < 4.78 is 6.36. The topological polar surface area (TPSA) is 25.8 Å². The van der Waals surface area contributed by atoms with Gasteiger partial charge in [0.15, 0.2) is 0 Å². The summed E-state index contributed by atoms with van der Waals surface area (Å²) in [7, 11) is 0. The van der Waals surface area contributed by atoms with Crippen molar-refractivity contribution < 1.29 is 17.4 Å². The summed E-state index contributed by atoms with van der Waals surface area (Å²) in [5.74, 6) is 0. The number of pyridine rings is 2. The van der Waals surface area contributed by atoms with Crippen LogP contribution in [0, 0.1) is 0 Å². The Kier molecular flexibility index (Phi) is 8.43. The van der Waals surface area contributed by atoms with Crippen LogP contribution in [0.25, 0.3) is 56.2 Å². The Morgan fingerprint density at radius 2 is 0.978 bits per heavy atom. The standard InChI is InChI=1S/2C19H14N.2CH3.2ClH.H2Si.Zr/c2*1-13-10-15-7-8-16(12-17(15)11-13)18-6-2-4-14-5-3-9-20-19(14)18;;;;;;/h2*2-12H,1H3;2*1H3;2*1H;1H2;. The Morgan fingerprint density at radius 3 is 1.41 bits per heavy atom. The molecule has 0 saturated carbocycles. The molecule has 2 aliphatic carbocycles. The molecule has 0 aliphatic heterocycles. The number of para-hydroxylation sites is 2. The van der Waals surface area contributed by atoms with Gasteiger partial charge >= 0.3 is 264 Å². The minimum atomic E-state index is -3.66. The van der Waals surface area contributed by atoms with Gasteiger partial charge in [-0.25, -0.2) is 0 Å². The van der Waals surface area contributed by atoms with E-state index in [2.05, 4.69) is 127 Å². The van der Waals surface area contributed by atoms with E-state index in [-0.39, 0.29) is 24.8 Å². The predicted molar refractivity (Wildman–Crippen MR) is 202 cm³/mol. The molecule has 230 valence electrons. The minimum Gasteiger partial charge on any atom is -0.147 e. The molecule has 8 rings (SSSR count). The fraction of sp³-hybridized carbons (Fsp3) is 0.150. The van der Waals surface area contributed by atoms with Crippen LogP contribution in [-0.2, 0) is 17.4 Å².